The fourth-order valence-corrected chi connectivity index (χ4v) is 3.55. The highest BCUT2D eigenvalue weighted by atomic mass is 32.2. The Bertz CT molecular complexity index is 729. The van der Waals surface area contributed by atoms with Crippen molar-refractivity contribution in [1.82, 2.24) is 5.32 Å². The van der Waals surface area contributed by atoms with Gasteiger partial charge in [-0.2, -0.15) is 0 Å². The lowest BCUT2D eigenvalue weighted by atomic mass is 10.2. The van der Waals surface area contributed by atoms with Gasteiger partial charge in [0, 0.05) is 6.42 Å². The highest BCUT2D eigenvalue weighted by Gasteiger charge is 2.30. The fourth-order valence-electron chi connectivity index (χ4n) is 2.17. The maximum Gasteiger partial charge on any atom is 0.407 e. The number of hydrogen-bond donors (Lipinski definition) is 1. The second-order valence-corrected chi connectivity index (χ2v) is 8.75. The molecule has 0 aromatic heterocycles. The minimum Gasteiger partial charge on any atom is -0.495 e. The topological polar surface area (TPSA) is 81.7 Å². The van der Waals surface area contributed by atoms with Gasteiger partial charge in [0.1, 0.15) is 11.7 Å². The van der Waals surface area contributed by atoms with Crippen LogP contribution in [0.15, 0.2) is 40.3 Å². The van der Waals surface area contributed by atoms with Gasteiger partial charge in [0.25, 0.3) is 0 Å². The Labute approximate surface area is 142 Å². The van der Waals surface area contributed by atoms with Crippen LogP contribution in [-0.4, -0.2) is 32.8 Å². The Morgan fingerprint density at radius 2 is 1.92 bits per heavy atom. The number of alkyl carbamates (subject to hydrolysis) is 1. The molecule has 1 aliphatic heterocycles. The second-order valence-electron chi connectivity index (χ2n) is 6.75. The summed E-state index contributed by atoms with van der Waals surface area (Å²) >= 11 is 0. The number of carbonyl (C=O) groups excluding carboxylic acids is 1. The lowest BCUT2D eigenvalue weighted by Gasteiger charge is -2.20. The van der Waals surface area contributed by atoms with Crippen molar-refractivity contribution in [1.29, 1.82) is 0 Å². The molecule has 7 heteroatoms. The van der Waals surface area contributed by atoms with Crippen LogP contribution in [-0.2, 0) is 19.3 Å². The van der Waals surface area contributed by atoms with Crippen LogP contribution in [0.25, 0.3) is 0 Å². The first kappa shape index (κ1) is 18.3. The van der Waals surface area contributed by atoms with Gasteiger partial charge in [-0.05, 0) is 39.8 Å². The molecule has 0 fully saturated rings. The van der Waals surface area contributed by atoms with Crippen molar-refractivity contribution in [2.75, 3.05) is 6.54 Å². The number of rotatable bonds is 4. The van der Waals surface area contributed by atoms with Gasteiger partial charge in [-0.25, -0.2) is 13.2 Å². The zero-order valence-corrected chi connectivity index (χ0v) is 15.1. The van der Waals surface area contributed by atoms with E-state index in [1.165, 1.54) is 6.26 Å². The van der Waals surface area contributed by atoms with Crippen LogP contribution in [0.2, 0.25) is 0 Å². The number of carbonyl (C=O) groups is 1. The summed E-state index contributed by atoms with van der Waals surface area (Å²) in [5, 5.41) is 2.59. The third-order valence-electron chi connectivity index (χ3n) is 3.37. The first-order valence-corrected chi connectivity index (χ1v) is 9.19. The minimum atomic E-state index is -3.56. The van der Waals surface area contributed by atoms with E-state index in [9.17, 15) is 13.2 Å². The predicted octanol–water partition coefficient (Wildman–Crippen LogP) is 2.92. The van der Waals surface area contributed by atoms with Crippen molar-refractivity contribution in [2.24, 2.45) is 0 Å². The standard InChI is InChI=1S/C17H23NO5S/c1-12-5-7-14(8-6-12)24(20,21)15-9-13(22-11-15)10-18-16(19)23-17(2,3)4/h5-8,11,13H,9-10H2,1-4H3,(H,18,19). The summed E-state index contributed by atoms with van der Waals surface area (Å²) in [5.41, 5.74) is 0.406. The molecule has 1 atom stereocenters. The quantitative estimate of drug-likeness (QED) is 0.900. The van der Waals surface area contributed by atoms with Crippen LogP contribution < -0.4 is 5.32 Å². The summed E-state index contributed by atoms with van der Waals surface area (Å²) in [6.07, 6.45) is 0.497. The molecule has 0 spiro atoms. The minimum absolute atomic E-state index is 0.179. The largest absolute Gasteiger partial charge is 0.495 e. The molecular weight excluding hydrogens is 330 g/mol. The third-order valence-corrected chi connectivity index (χ3v) is 5.22. The maximum absolute atomic E-state index is 12.6. The predicted molar refractivity (Wildman–Crippen MR) is 90.2 cm³/mol. The second kappa shape index (κ2) is 6.84. The maximum atomic E-state index is 12.6. The van der Waals surface area contributed by atoms with E-state index in [4.69, 9.17) is 9.47 Å². The van der Waals surface area contributed by atoms with Crippen LogP contribution in [0.3, 0.4) is 0 Å². The van der Waals surface area contributed by atoms with Crippen molar-refractivity contribution in [3.63, 3.8) is 0 Å². The Morgan fingerprint density at radius 3 is 2.50 bits per heavy atom. The summed E-state index contributed by atoms with van der Waals surface area (Å²) in [6.45, 7) is 7.39. The smallest absolute Gasteiger partial charge is 0.407 e. The Kier molecular flexibility index (Phi) is 5.22. The van der Waals surface area contributed by atoms with Crippen molar-refractivity contribution in [3.8, 4) is 0 Å². The average molecular weight is 353 g/mol. The number of hydrogen-bond acceptors (Lipinski definition) is 5. The molecule has 24 heavy (non-hydrogen) atoms. The van der Waals surface area contributed by atoms with E-state index in [0.29, 0.717) is 0 Å². The van der Waals surface area contributed by atoms with E-state index >= 15 is 0 Å². The number of nitrogens with one attached hydrogen (secondary N) is 1. The van der Waals surface area contributed by atoms with E-state index in [1.807, 2.05) is 6.92 Å². The van der Waals surface area contributed by atoms with Gasteiger partial charge in [0.2, 0.25) is 9.84 Å². The number of amides is 1. The van der Waals surface area contributed by atoms with Crippen LogP contribution in [0.4, 0.5) is 4.79 Å². The van der Waals surface area contributed by atoms with Crippen LogP contribution in [0.5, 0.6) is 0 Å². The summed E-state index contributed by atoms with van der Waals surface area (Å²) in [7, 11) is -3.56. The molecule has 1 unspecified atom stereocenters. The van der Waals surface area contributed by atoms with Crippen LogP contribution >= 0.6 is 0 Å². The monoisotopic (exact) mass is 353 g/mol. The van der Waals surface area contributed by atoms with Gasteiger partial charge in [-0.3, -0.25) is 0 Å². The number of benzene rings is 1. The Balaban J connectivity index is 1.92. The average Bonchev–Trinajstić information content (AvgIpc) is 2.93. The Morgan fingerprint density at radius 1 is 1.29 bits per heavy atom. The van der Waals surface area contributed by atoms with Crippen molar-refractivity contribution in [3.05, 3.63) is 41.0 Å². The summed E-state index contributed by atoms with van der Waals surface area (Å²) < 4.78 is 35.6. The van der Waals surface area contributed by atoms with Gasteiger partial charge in [-0.1, -0.05) is 17.7 Å². The molecule has 0 radical (unpaired) electrons. The molecule has 0 aliphatic carbocycles. The fraction of sp³-hybridized carbons (Fsp3) is 0.471. The van der Waals surface area contributed by atoms with Gasteiger partial charge in [-0.15, -0.1) is 0 Å². The summed E-state index contributed by atoms with van der Waals surface area (Å²) in [5.74, 6) is 0. The molecule has 2 rings (SSSR count). The van der Waals surface area contributed by atoms with Crippen LogP contribution in [0, 0.1) is 6.92 Å². The van der Waals surface area contributed by atoms with E-state index in [0.717, 1.165) is 5.56 Å². The molecular formula is C17H23NO5S. The van der Waals surface area contributed by atoms with Gasteiger partial charge in [0.05, 0.1) is 22.6 Å². The molecule has 0 bridgehead atoms. The number of sulfone groups is 1. The normalized spacial score (nSPS) is 17.8. The summed E-state index contributed by atoms with van der Waals surface area (Å²) in [6, 6.07) is 6.67. The molecule has 1 aliphatic rings. The highest BCUT2D eigenvalue weighted by Crippen LogP contribution is 2.28. The van der Waals surface area contributed by atoms with E-state index in [1.54, 1.807) is 45.0 Å². The molecule has 1 N–H and O–H groups in total. The van der Waals surface area contributed by atoms with Gasteiger partial charge < -0.3 is 14.8 Å². The van der Waals surface area contributed by atoms with Crippen molar-refractivity contribution in [2.45, 2.75) is 50.7 Å². The Hall–Kier alpha value is -2.02. The SMILES string of the molecule is Cc1ccc(S(=O)(=O)C2=COC(CNC(=O)OC(C)(C)C)C2)cc1. The molecule has 132 valence electrons. The number of ether oxygens (including phenoxy) is 2. The molecule has 1 aromatic carbocycles. The number of aryl methyl sites for hydroxylation is 1. The molecule has 1 heterocycles. The summed E-state index contributed by atoms with van der Waals surface area (Å²) in [4.78, 5) is 12.1. The first-order chi connectivity index (χ1) is 11.1. The molecule has 1 amide bonds. The van der Waals surface area contributed by atoms with E-state index < -0.39 is 27.6 Å². The lowest BCUT2D eigenvalue weighted by molar-refractivity contribution is 0.0494. The lowest BCUT2D eigenvalue weighted by Crippen LogP contribution is -2.36. The van der Waals surface area contributed by atoms with Crippen LogP contribution in [0.1, 0.15) is 32.8 Å². The van der Waals surface area contributed by atoms with Gasteiger partial charge >= 0.3 is 6.09 Å². The van der Waals surface area contributed by atoms with E-state index in [-0.39, 0.29) is 22.8 Å². The zero-order valence-electron chi connectivity index (χ0n) is 14.3. The molecule has 6 nitrogen and oxygen atoms in total. The zero-order chi connectivity index (χ0) is 18.0. The third kappa shape index (κ3) is 4.74. The van der Waals surface area contributed by atoms with E-state index in [2.05, 4.69) is 5.32 Å². The highest BCUT2D eigenvalue weighted by molar-refractivity contribution is 7.95. The van der Waals surface area contributed by atoms with Gasteiger partial charge in [0.15, 0.2) is 0 Å². The van der Waals surface area contributed by atoms with Crippen molar-refractivity contribution < 1.29 is 22.7 Å². The molecule has 0 saturated carbocycles. The van der Waals surface area contributed by atoms with Crippen molar-refractivity contribution >= 4 is 15.9 Å². The first-order valence-electron chi connectivity index (χ1n) is 7.71. The molecule has 1 aromatic rings. The molecule has 0 saturated heterocycles.